The maximum atomic E-state index is 4.49. The number of rotatable bonds is 3. The van der Waals surface area contributed by atoms with Gasteiger partial charge in [-0.2, -0.15) is 5.10 Å². The summed E-state index contributed by atoms with van der Waals surface area (Å²) in [5.41, 5.74) is 5.48. The molecule has 0 unspecified atom stereocenters. The quantitative estimate of drug-likeness (QED) is 0.554. The van der Waals surface area contributed by atoms with Crippen LogP contribution < -0.4 is 0 Å². The fourth-order valence-electron chi connectivity index (χ4n) is 3.13. The van der Waals surface area contributed by atoms with Crippen LogP contribution in [0, 0.1) is 0 Å². The largest absolute Gasteiger partial charge is 0.262 e. The second-order valence-corrected chi connectivity index (χ2v) is 6.79. The molecule has 5 nitrogen and oxygen atoms in total. The van der Waals surface area contributed by atoms with E-state index in [9.17, 15) is 0 Å². The molecule has 0 fully saturated rings. The monoisotopic (exact) mass is 319 g/mol. The Hall–Kier alpha value is -2.69. The van der Waals surface area contributed by atoms with Crippen LogP contribution in [0.1, 0.15) is 39.8 Å². The van der Waals surface area contributed by atoms with E-state index in [0.29, 0.717) is 12.1 Å². The predicted octanol–water partition coefficient (Wildman–Crippen LogP) is 4.61. The van der Waals surface area contributed by atoms with E-state index in [1.807, 2.05) is 10.9 Å². The van der Waals surface area contributed by atoms with Gasteiger partial charge in [-0.05, 0) is 57.0 Å². The second kappa shape index (κ2) is 5.44. The summed E-state index contributed by atoms with van der Waals surface area (Å²) < 4.78 is 4.02. The third kappa shape index (κ3) is 2.28. The van der Waals surface area contributed by atoms with Gasteiger partial charge >= 0.3 is 0 Å². The van der Waals surface area contributed by atoms with Gasteiger partial charge in [0, 0.05) is 17.5 Å². The molecule has 0 spiro atoms. The van der Waals surface area contributed by atoms with Gasteiger partial charge < -0.3 is 0 Å². The number of aromatic nitrogens is 5. The van der Waals surface area contributed by atoms with Gasteiger partial charge in [0.15, 0.2) is 0 Å². The molecule has 0 aliphatic carbocycles. The lowest BCUT2D eigenvalue weighted by molar-refractivity contribution is 0.530. The fourth-order valence-corrected chi connectivity index (χ4v) is 3.13. The Morgan fingerprint density at radius 3 is 2.25 bits per heavy atom. The van der Waals surface area contributed by atoms with Gasteiger partial charge in [-0.15, -0.1) is 5.10 Å². The van der Waals surface area contributed by atoms with Gasteiger partial charge in [-0.3, -0.25) is 4.68 Å². The van der Waals surface area contributed by atoms with E-state index in [4.69, 9.17) is 0 Å². The first-order valence-corrected chi connectivity index (χ1v) is 8.37. The summed E-state index contributed by atoms with van der Waals surface area (Å²) >= 11 is 0. The van der Waals surface area contributed by atoms with Crippen molar-refractivity contribution < 1.29 is 0 Å². The maximum Gasteiger partial charge on any atom is 0.113 e. The van der Waals surface area contributed by atoms with Crippen LogP contribution in [0.25, 0.3) is 33.1 Å². The van der Waals surface area contributed by atoms with Crippen molar-refractivity contribution in [3.63, 3.8) is 0 Å². The summed E-state index contributed by atoms with van der Waals surface area (Å²) in [6.07, 6.45) is 1.93. The molecule has 0 atom stereocenters. The van der Waals surface area contributed by atoms with Gasteiger partial charge in [-0.25, -0.2) is 4.68 Å². The van der Waals surface area contributed by atoms with Crippen molar-refractivity contribution in [1.29, 1.82) is 0 Å². The highest BCUT2D eigenvalue weighted by molar-refractivity contribution is 5.87. The Morgan fingerprint density at radius 2 is 1.50 bits per heavy atom. The molecule has 0 aliphatic heterocycles. The van der Waals surface area contributed by atoms with Crippen molar-refractivity contribution in [2.24, 2.45) is 0 Å². The summed E-state index contributed by atoms with van der Waals surface area (Å²) in [6, 6.07) is 13.5. The van der Waals surface area contributed by atoms with Crippen LogP contribution >= 0.6 is 0 Å². The molecule has 24 heavy (non-hydrogen) atoms. The molecule has 0 amide bonds. The number of hydrogen-bond acceptors (Lipinski definition) is 3. The number of hydrogen-bond donors (Lipinski definition) is 0. The molecule has 0 N–H and O–H groups in total. The Balaban J connectivity index is 1.84. The van der Waals surface area contributed by atoms with Crippen LogP contribution in [-0.2, 0) is 0 Å². The summed E-state index contributed by atoms with van der Waals surface area (Å²) in [4.78, 5) is 0. The first-order valence-electron chi connectivity index (χ1n) is 8.37. The zero-order valence-corrected chi connectivity index (χ0v) is 14.4. The van der Waals surface area contributed by atoms with Crippen molar-refractivity contribution >= 4 is 21.9 Å². The molecule has 0 aliphatic rings. The topological polar surface area (TPSA) is 48.5 Å². The van der Waals surface area contributed by atoms with E-state index in [-0.39, 0.29) is 0 Å². The molecule has 0 saturated heterocycles. The average molecular weight is 319 g/mol. The first kappa shape index (κ1) is 14.9. The van der Waals surface area contributed by atoms with Crippen LogP contribution in [0.2, 0.25) is 0 Å². The SMILES string of the molecule is CC(C)n1ncc2ccc(-c3ccc4c(c3)nnn4C(C)C)cc21. The average Bonchev–Trinajstić information content (AvgIpc) is 3.17. The van der Waals surface area contributed by atoms with E-state index in [2.05, 4.69) is 84.2 Å². The minimum absolute atomic E-state index is 0.303. The van der Waals surface area contributed by atoms with Gasteiger partial charge in [0.1, 0.15) is 5.52 Å². The van der Waals surface area contributed by atoms with Crippen LogP contribution in [0.15, 0.2) is 42.6 Å². The van der Waals surface area contributed by atoms with Gasteiger partial charge in [0.25, 0.3) is 0 Å². The van der Waals surface area contributed by atoms with Crippen molar-refractivity contribution in [1.82, 2.24) is 24.8 Å². The second-order valence-electron chi connectivity index (χ2n) is 6.79. The molecule has 2 heterocycles. The van der Waals surface area contributed by atoms with E-state index in [1.165, 1.54) is 10.9 Å². The Morgan fingerprint density at radius 1 is 0.792 bits per heavy atom. The predicted molar refractivity (Wildman–Crippen MR) is 97.0 cm³/mol. The lowest BCUT2D eigenvalue weighted by Crippen LogP contribution is -2.02. The first-order chi connectivity index (χ1) is 11.5. The van der Waals surface area contributed by atoms with E-state index in [0.717, 1.165) is 22.1 Å². The highest BCUT2D eigenvalue weighted by atomic mass is 15.4. The number of fused-ring (bicyclic) bond motifs is 2. The zero-order chi connectivity index (χ0) is 16.8. The molecule has 0 radical (unpaired) electrons. The normalized spacial score (nSPS) is 12.1. The van der Waals surface area contributed by atoms with Crippen LogP contribution in [-0.4, -0.2) is 24.8 Å². The number of benzene rings is 2. The smallest absolute Gasteiger partial charge is 0.113 e. The minimum atomic E-state index is 0.303. The van der Waals surface area contributed by atoms with Crippen molar-refractivity contribution in [2.75, 3.05) is 0 Å². The minimum Gasteiger partial charge on any atom is -0.262 e. The third-order valence-electron chi connectivity index (χ3n) is 4.38. The van der Waals surface area contributed by atoms with Crippen molar-refractivity contribution in [3.8, 4) is 11.1 Å². The van der Waals surface area contributed by atoms with Gasteiger partial charge in [-0.1, -0.05) is 23.4 Å². The van der Waals surface area contributed by atoms with Crippen LogP contribution in [0.5, 0.6) is 0 Å². The fraction of sp³-hybridized carbons (Fsp3) is 0.316. The molecular formula is C19H21N5. The highest BCUT2D eigenvalue weighted by Crippen LogP contribution is 2.28. The molecule has 0 saturated carbocycles. The molecule has 2 aromatic carbocycles. The molecule has 4 rings (SSSR count). The molecular weight excluding hydrogens is 298 g/mol. The van der Waals surface area contributed by atoms with Crippen molar-refractivity contribution in [2.45, 2.75) is 39.8 Å². The summed E-state index contributed by atoms with van der Waals surface area (Å²) in [5.74, 6) is 0. The summed E-state index contributed by atoms with van der Waals surface area (Å²) in [6.45, 7) is 8.52. The lowest BCUT2D eigenvalue weighted by Gasteiger charge is -2.09. The van der Waals surface area contributed by atoms with Crippen LogP contribution in [0.4, 0.5) is 0 Å². The van der Waals surface area contributed by atoms with E-state index >= 15 is 0 Å². The standard InChI is InChI=1S/C19H21N5/c1-12(2)23-19-10-15(5-6-16(19)11-20-23)14-7-8-18-17(9-14)21-22-24(18)13(3)4/h5-13H,1-4H3. The molecule has 5 heteroatoms. The van der Waals surface area contributed by atoms with E-state index < -0.39 is 0 Å². The van der Waals surface area contributed by atoms with Crippen molar-refractivity contribution in [3.05, 3.63) is 42.6 Å². The lowest BCUT2D eigenvalue weighted by atomic mass is 10.0. The van der Waals surface area contributed by atoms with Gasteiger partial charge in [0.05, 0.1) is 17.2 Å². The summed E-state index contributed by atoms with van der Waals surface area (Å²) in [5, 5.41) is 14.2. The Bertz CT molecular complexity index is 1020. The molecule has 0 bridgehead atoms. The molecule has 2 aromatic heterocycles. The van der Waals surface area contributed by atoms with E-state index in [1.54, 1.807) is 0 Å². The molecule has 122 valence electrons. The van der Waals surface area contributed by atoms with Crippen LogP contribution in [0.3, 0.4) is 0 Å². The van der Waals surface area contributed by atoms with Gasteiger partial charge in [0.2, 0.25) is 0 Å². The Labute approximate surface area is 140 Å². The Kier molecular flexibility index (Phi) is 3.37. The zero-order valence-electron chi connectivity index (χ0n) is 14.4. The number of nitrogens with zero attached hydrogens (tertiary/aromatic N) is 5. The highest BCUT2D eigenvalue weighted by Gasteiger charge is 2.11. The summed E-state index contributed by atoms with van der Waals surface area (Å²) in [7, 11) is 0. The molecule has 4 aromatic rings. The third-order valence-corrected chi connectivity index (χ3v) is 4.38. The maximum absolute atomic E-state index is 4.49.